The third-order valence-electron chi connectivity index (χ3n) is 10.2. The highest BCUT2D eigenvalue weighted by molar-refractivity contribution is 14.1. The average molecular weight is 933 g/mol. The minimum Gasteiger partial charge on any atom is -0.494 e. The highest BCUT2D eigenvalue weighted by Gasteiger charge is 2.50. The Hall–Kier alpha value is -3.97. The van der Waals surface area contributed by atoms with Gasteiger partial charge in [0.2, 0.25) is 0 Å². The van der Waals surface area contributed by atoms with Gasteiger partial charge in [0.15, 0.2) is 0 Å². The Labute approximate surface area is 367 Å². The smallest absolute Gasteiger partial charge is 0.302 e. The van der Waals surface area contributed by atoms with Crippen molar-refractivity contribution in [2.75, 3.05) is 24.2 Å². The zero-order chi connectivity index (χ0) is 41.4. The Bertz CT molecular complexity index is 2000. The van der Waals surface area contributed by atoms with E-state index in [-0.39, 0.29) is 26.4 Å². The number of halogens is 2. The maximum absolute atomic E-state index is 12.4. The Morgan fingerprint density at radius 1 is 0.729 bits per heavy atom. The van der Waals surface area contributed by atoms with Crippen molar-refractivity contribution < 1.29 is 38.0 Å². The van der Waals surface area contributed by atoms with Crippen LogP contribution in [0.15, 0.2) is 127 Å². The Kier molecular flexibility index (Phi) is 17.5. The molecule has 0 bridgehead atoms. The van der Waals surface area contributed by atoms with Crippen LogP contribution in [0.25, 0.3) is 0 Å². The molecular weight excluding hydrogens is 879 g/mol. The standard InChI is InChI=1S/C49H54ClIO8/c1-4-53-41-22-20-36(21-23-41)26-40-27-42(44(28-43(40)50)55-29-34(2)24-25-51)46-48(57-31-38-16-10-6-11-17-38)49(58-32-39-18-12-7-13-19-39)47(45(59-46)33-54-35(3)52)56-30-37-14-8-5-9-15-37/h5-23,27-28,34,45-49H,4,24-26,29-33H2,1-3H3/t34-,45+,46-,47+,48-,49-/m0/s1. The maximum atomic E-state index is 12.4. The maximum Gasteiger partial charge on any atom is 0.302 e. The molecule has 1 saturated heterocycles. The van der Waals surface area contributed by atoms with E-state index in [9.17, 15) is 4.79 Å². The summed E-state index contributed by atoms with van der Waals surface area (Å²) in [5.41, 5.74) is 5.69. The van der Waals surface area contributed by atoms with Gasteiger partial charge >= 0.3 is 5.97 Å². The average Bonchev–Trinajstić information content (AvgIpc) is 3.25. The molecule has 10 heteroatoms. The van der Waals surface area contributed by atoms with Gasteiger partial charge in [-0.25, -0.2) is 0 Å². The normalized spacial score (nSPS) is 19.5. The number of ether oxygens (including phenoxy) is 7. The lowest BCUT2D eigenvalue weighted by Gasteiger charge is -2.46. The second-order valence-corrected chi connectivity index (χ2v) is 16.3. The van der Waals surface area contributed by atoms with E-state index < -0.39 is 36.5 Å². The molecule has 0 amide bonds. The van der Waals surface area contributed by atoms with E-state index in [2.05, 4.69) is 47.7 Å². The van der Waals surface area contributed by atoms with Gasteiger partial charge in [-0.3, -0.25) is 4.79 Å². The molecular formula is C49H54ClIO8. The van der Waals surface area contributed by atoms with Crippen LogP contribution in [0, 0.1) is 5.92 Å². The monoisotopic (exact) mass is 932 g/mol. The molecule has 1 heterocycles. The molecule has 1 aliphatic rings. The topological polar surface area (TPSA) is 81.7 Å². The molecule has 5 aromatic carbocycles. The number of alkyl halides is 1. The van der Waals surface area contributed by atoms with Crippen LogP contribution in [0.1, 0.15) is 66.7 Å². The Balaban J connectivity index is 1.46. The van der Waals surface area contributed by atoms with Crippen LogP contribution in [-0.4, -0.2) is 54.6 Å². The molecule has 0 N–H and O–H groups in total. The van der Waals surface area contributed by atoms with Crippen LogP contribution in [0.5, 0.6) is 11.5 Å². The van der Waals surface area contributed by atoms with Crippen LogP contribution < -0.4 is 9.47 Å². The summed E-state index contributed by atoms with van der Waals surface area (Å²) in [4.78, 5) is 12.4. The van der Waals surface area contributed by atoms with Crippen LogP contribution in [-0.2, 0) is 54.7 Å². The Morgan fingerprint density at radius 3 is 1.83 bits per heavy atom. The number of esters is 1. The fourth-order valence-corrected chi connectivity index (χ4v) is 8.35. The number of hydrogen-bond acceptors (Lipinski definition) is 8. The molecule has 0 unspecified atom stereocenters. The molecule has 0 aliphatic carbocycles. The van der Waals surface area contributed by atoms with Crippen molar-refractivity contribution in [3.63, 3.8) is 0 Å². The van der Waals surface area contributed by atoms with Gasteiger partial charge in [0.25, 0.3) is 0 Å². The fraction of sp³-hybridized carbons (Fsp3) is 0.367. The number of hydrogen-bond donors (Lipinski definition) is 0. The fourth-order valence-electron chi connectivity index (χ4n) is 7.07. The predicted molar refractivity (Wildman–Crippen MR) is 239 cm³/mol. The predicted octanol–water partition coefficient (Wildman–Crippen LogP) is 10.9. The molecule has 6 atom stereocenters. The molecule has 8 nitrogen and oxygen atoms in total. The molecule has 0 radical (unpaired) electrons. The van der Waals surface area contributed by atoms with Crippen molar-refractivity contribution >= 4 is 40.2 Å². The van der Waals surface area contributed by atoms with Gasteiger partial charge < -0.3 is 33.2 Å². The van der Waals surface area contributed by atoms with Crippen molar-refractivity contribution in [1.29, 1.82) is 0 Å². The van der Waals surface area contributed by atoms with Gasteiger partial charge in [0.1, 0.15) is 48.6 Å². The molecule has 312 valence electrons. The highest BCUT2D eigenvalue weighted by atomic mass is 127. The quantitative estimate of drug-likeness (QED) is 0.0409. The summed E-state index contributed by atoms with van der Waals surface area (Å²) in [5, 5.41) is 0.578. The summed E-state index contributed by atoms with van der Waals surface area (Å²) in [6.07, 6.45) is -2.01. The Morgan fingerprint density at radius 2 is 1.29 bits per heavy atom. The largest absolute Gasteiger partial charge is 0.494 e. The lowest BCUT2D eigenvalue weighted by Crippen LogP contribution is -2.58. The van der Waals surface area contributed by atoms with Crippen LogP contribution in [0.4, 0.5) is 0 Å². The van der Waals surface area contributed by atoms with Gasteiger partial charge in [-0.1, -0.05) is 144 Å². The summed E-state index contributed by atoms with van der Waals surface area (Å²) in [6, 6.07) is 42.0. The molecule has 5 aromatic rings. The molecule has 59 heavy (non-hydrogen) atoms. The van der Waals surface area contributed by atoms with E-state index in [1.54, 1.807) is 0 Å². The van der Waals surface area contributed by atoms with E-state index in [0.29, 0.717) is 36.3 Å². The van der Waals surface area contributed by atoms with Gasteiger partial charge in [0.05, 0.1) is 33.0 Å². The second kappa shape index (κ2) is 23.1. The van der Waals surface area contributed by atoms with Crippen LogP contribution >= 0.6 is 34.2 Å². The zero-order valence-electron chi connectivity index (χ0n) is 34.0. The molecule has 1 aliphatic heterocycles. The number of benzene rings is 5. The molecule has 0 aromatic heterocycles. The third-order valence-corrected chi connectivity index (χ3v) is 11.2. The summed E-state index contributed by atoms with van der Waals surface area (Å²) in [6.45, 7) is 7.42. The van der Waals surface area contributed by atoms with E-state index in [4.69, 9.17) is 44.8 Å². The summed E-state index contributed by atoms with van der Waals surface area (Å²) >= 11 is 9.53. The molecule has 0 spiro atoms. The van der Waals surface area contributed by atoms with Crippen molar-refractivity contribution in [1.82, 2.24) is 0 Å². The van der Waals surface area contributed by atoms with Crippen LogP contribution in [0.2, 0.25) is 5.02 Å². The van der Waals surface area contributed by atoms with Crippen molar-refractivity contribution in [3.8, 4) is 11.5 Å². The third kappa shape index (κ3) is 13.3. The first kappa shape index (κ1) is 44.6. The van der Waals surface area contributed by atoms with Gasteiger partial charge in [-0.15, -0.1) is 0 Å². The van der Waals surface area contributed by atoms with E-state index in [1.165, 1.54) is 6.92 Å². The summed E-state index contributed by atoms with van der Waals surface area (Å²) in [7, 11) is 0. The van der Waals surface area contributed by atoms with E-state index in [1.807, 2.05) is 116 Å². The van der Waals surface area contributed by atoms with E-state index in [0.717, 1.165) is 50.0 Å². The molecule has 1 fully saturated rings. The van der Waals surface area contributed by atoms with Gasteiger partial charge in [-0.2, -0.15) is 0 Å². The lowest BCUT2D eigenvalue weighted by molar-refractivity contribution is -0.273. The number of carbonyl (C=O) groups is 1. The van der Waals surface area contributed by atoms with Gasteiger partial charge in [-0.05, 0) is 82.2 Å². The van der Waals surface area contributed by atoms with Crippen molar-refractivity contribution in [2.24, 2.45) is 5.92 Å². The first-order valence-corrected chi connectivity index (χ1v) is 22.2. The summed E-state index contributed by atoms with van der Waals surface area (Å²) < 4.78 is 47.0. The lowest BCUT2D eigenvalue weighted by atomic mass is 9.88. The zero-order valence-corrected chi connectivity index (χ0v) is 36.9. The van der Waals surface area contributed by atoms with Crippen molar-refractivity contribution in [3.05, 3.63) is 166 Å². The minimum atomic E-state index is -0.747. The molecule has 0 saturated carbocycles. The number of rotatable bonds is 21. The first-order valence-electron chi connectivity index (χ1n) is 20.3. The van der Waals surface area contributed by atoms with Crippen LogP contribution in [0.3, 0.4) is 0 Å². The number of carbonyl (C=O) groups excluding carboxylic acids is 1. The van der Waals surface area contributed by atoms with E-state index >= 15 is 0 Å². The van der Waals surface area contributed by atoms with Gasteiger partial charge in [0, 0.05) is 17.5 Å². The first-order chi connectivity index (χ1) is 28.8. The second-order valence-electron chi connectivity index (χ2n) is 14.8. The SMILES string of the molecule is CCOc1ccc(Cc2cc([C@@H]3O[C@H](COC(C)=O)[C@@H](OCc4ccccc4)[C@H](OCc4ccccc4)[C@H]3OCc3ccccc3)c(OC[C@@H](C)CCI)cc2Cl)cc1. The highest BCUT2D eigenvalue weighted by Crippen LogP contribution is 2.44. The van der Waals surface area contributed by atoms with Crippen molar-refractivity contribution in [2.45, 2.75) is 84.0 Å². The molecule has 6 rings (SSSR count). The summed E-state index contributed by atoms with van der Waals surface area (Å²) in [5.74, 6) is 1.29. The minimum absolute atomic E-state index is 0.0581.